The molecule has 1 atom stereocenters. The van der Waals surface area contributed by atoms with Crippen molar-refractivity contribution in [2.24, 2.45) is 5.92 Å². The highest BCUT2D eigenvalue weighted by Crippen LogP contribution is 2.44. The van der Waals surface area contributed by atoms with Crippen LogP contribution in [0.2, 0.25) is 0 Å². The Morgan fingerprint density at radius 2 is 1.71 bits per heavy atom. The van der Waals surface area contributed by atoms with Gasteiger partial charge in [0.2, 0.25) is 11.5 Å². The van der Waals surface area contributed by atoms with Gasteiger partial charge >= 0.3 is 12.1 Å². The second kappa shape index (κ2) is 10.2. The molecule has 1 aliphatic carbocycles. The van der Waals surface area contributed by atoms with Crippen molar-refractivity contribution >= 4 is 23.8 Å². The number of ether oxygens (including phenoxy) is 1. The van der Waals surface area contributed by atoms with Gasteiger partial charge in [-0.25, -0.2) is 9.42 Å². The van der Waals surface area contributed by atoms with Gasteiger partial charge in [-0.2, -0.15) is 0 Å². The van der Waals surface area contributed by atoms with E-state index in [2.05, 4.69) is 25.6 Å². The molecule has 10 heteroatoms. The molecule has 3 N–H and O–H groups in total. The molecular formula is C24H24N4O6. The summed E-state index contributed by atoms with van der Waals surface area (Å²) in [5.41, 5.74) is 4.15. The van der Waals surface area contributed by atoms with Crippen molar-refractivity contribution in [3.63, 3.8) is 0 Å². The normalized spacial score (nSPS) is 13.0. The van der Waals surface area contributed by atoms with E-state index in [1.807, 2.05) is 55.5 Å². The molecule has 34 heavy (non-hydrogen) atoms. The first-order chi connectivity index (χ1) is 16.5. The third kappa shape index (κ3) is 4.90. The van der Waals surface area contributed by atoms with Gasteiger partial charge in [-0.3, -0.25) is 14.9 Å². The maximum Gasteiger partial charge on any atom is 0.412 e. The summed E-state index contributed by atoms with van der Waals surface area (Å²) in [4.78, 5) is 35.8. The zero-order valence-electron chi connectivity index (χ0n) is 18.5. The zero-order valence-corrected chi connectivity index (χ0v) is 18.5. The van der Waals surface area contributed by atoms with Gasteiger partial charge in [0.1, 0.15) is 6.61 Å². The number of nitrogens with zero attached hydrogens (tertiary/aromatic N) is 2. The number of carbonyl (C=O) groups excluding carboxylic acids is 2. The van der Waals surface area contributed by atoms with Crippen LogP contribution in [-0.4, -0.2) is 46.5 Å². The summed E-state index contributed by atoms with van der Waals surface area (Å²) in [6.45, 7) is 2.07. The lowest BCUT2D eigenvalue weighted by molar-refractivity contribution is -0.138. The second-order valence-electron chi connectivity index (χ2n) is 7.99. The van der Waals surface area contributed by atoms with E-state index < -0.39 is 18.0 Å². The molecule has 0 spiro atoms. The highest BCUT2D eigenvalue weighted by atomic mass is 16.6. The maximum atomic E-state index is 12.5. The van der Waals surface area contributed by atoms with E-state index in [0.29, 0.717) is 6.42 Å². The fourth-order valence-corrected chi connectivity index (χ4v) is 4.08. The van der Waals surface area contributed by atoms with Crippen LogP contribution in [0.5, 0.6) is 0 Å². The van der Waals surface area contributed by atoms with Crippen LogP contribution in [0.3, 0.4) is 0 Å². The van der Waals surface area contributed by atoms with Gasteiger partial charge < -0.3 is 15.2 Å². The summed E-state index contributed by atoms with van der Waals surface area (Å²) in [5, 5.41) is 21.0. The highest BCUT2D eigenvalue weighted by Gasteiger charge is 2.29. The lowest BCUT2D eigenvalue weighted by atomic mass is 9.98. The number of aliphatic carboxylic acids is 1. The van der Waals surface area contributed by atoms with Gasteiger partial charge in [0.05, 0.1) is 0 Å². The van der Waals surface area contributed by atoms with Gasteiger partial charge in [0.15, 0.2) is 0 Å². The van der Waals surface area contributed by atoms with E-state index in [4.69, 9.17) is 9.84 Å². The summed E-state index contributed by atoms with van der Waals surface area (Å²) >= 11 is 0. The van der Waals surface area contributed by atoms with Crippen molar-refractivity contribution in [1.82, 2.24) is 15.6 Å². The molecule has 176 valence electrons. The van der Waals surface area contributed by atoms with Crippen molar-refractivity contribution in [2.45, 2.75) is 25.7 Å². The summed E-state index contributed by atoms with van der Waals surface area (Å²) in [5.74, 6) is -2.11. The second-order valence-corrected chi connectivity index (χ2v) is 7.99. The van der Waals surface area contributed by atoms with Gasteiger partial charge in [0.25, 0.3) is 5.91 Å². The molecule has 1 heterocycles. The molecule has 4 rings (SSSR count). The van der Waals surface area contributed by atoms with E-state index in [0.717, 1.165) is 22.3 Å². The number of nitrogens with one attached hydrogen (secondary N) is 2. The first-order valence-electron chi connectivity index (χ1n) is 10.9. The number of aromatic nitrogens is 2. The third-order valence-corrected chi connectivity index (χ3v) is 5.86. The molecule has 0 aliphatic heterocycles. The molecular weight excluding hydrogens is 440 g/mol. The Balaban J connectivity index is 1.37. The van der Waals surface area contributed by atoms with Crippen LogP contribution in [0, 0.1) is 5.92 Å². The van der Waals surface area contributed by atoms with E-state index in [1.165, 1.54) is 0 Å². The average molecular weight is 464 g/mol. The van der Waals surface area contributed by atoms with E-state index >= 15 is 0 Å². The standard InChI is InChI=1S/C24H24N4O6/c1-2-14(11-20(29)30)12-25-23(31)21-22(28-34-27-21)26-24(32)33-13-19-17-9-5-3-7-15(17)16-8-4-6-10-18(16)19/h3-10,14,19H,2,11-13H2,1H3,(H,25,31)(H,29,30)(H,26,28,32). The van der Waals surface area contributed by atoms with Crippen LogP contribution in [0.4, 0.5) is 10.6 Å². The smallest absolute Gasteiger partial charge is 0.412 e. The number of carbonyl (C=O) groups is 3. The minimum Gasteiger partial charge on any atom is -0.481 e. The highest BCUT2D eigenvalue weighted by molar-refractivity contribution is 5.99. The molecule has 0 bridgehead atoms. The Labute approximate surface area is 195 Å². The van der Waals surface area contributed by atoms with Crippen molar-refractivity contribution in [3.05, 3.63) is 65.4 Å². The van der Waals surface area contributed by atoms with Crippen molar-refractivity contribution in [1.29, 1.82) is 0 Å². The first-order valence-corrected chi connectivity index (χ1v) is 10.9. The van der Waals surface area contributed by atoms with Crippen molar-refractivity contribution in [2.75, 3.05) is 18.5 Å². The third-order valence-electron chi connectivity index (χ3n) is 5.86. The first kappa shape index (κ1) is 23.0. The number of benzene rings is 2. The molecule has 1 aromatic heterocycles. The number of hydrogen-bond acceptors (Lipinski definition) is 7. The fourth-order valence-electron chi connectivity index (χ4n) is 4.08. The Morgan fingerprint density at radius 1 is 1.06 bits per heavy atom. The summed E-state index contributed by atoms with van der Waals surface area (Å²) in [6.07, 6.45) is -0.295. The zero-order chi connectivity index (χ0) is 24.1. The number of carboxylic acid groups (broad SMARTS) is 1. The number of rotatable bonds is 9. The van der Waals surface area contributed by atoms with Gasteiger partial charge in [0, 0.05) is 18.9 Å². The number of hydrogen-bond donors (Lipinski definition) is 3. The van der Waals surface area contributed by atoms with Gasteiger partial charge in [-0.15, -0.1) is 0 Å². The number of carboxylic acids is 1. The van der Waals surface area contributed by atoms with Gasteiger partial charge in [-0.1, -0.05) is 61.9 Å². The fraction of sp³-hybridized carbons (Fsp3) is 0.292. The Bertz CT molecular complexity index is 1160. The minimum absolute atomic E-state index is 0.0707. The lowest BCUT2D eigenvalue weighted by Crippen LogP contribution is -2.31. The molecule has 0 fully saturated rings. The van der Waals surface area contributed by atoms with Crippen LogP contribution in [0.15, 0.2) is 53.2 Å². The number of amides is 2. The summed E-state index contributed by atoms with van der Waals surface area (Å²) in [6, 6.07) is 15.9. The Kier molecular flexibility index (Phi) is 6.86. The molecule has 0 radical (unpaired) electrons. The van der Waals surface area contributed by atoms with Crippen LogP contribution in [-0.2, 0) is 9.53 Å². The largest absolute Gasteiger partial charge is 0.481 e. The van der Waals surface area contributed by atoms with Crippen molar-refractivity contribution < 1.29 is 28.9 Å². The van der Waals surface area contributed by atoms with Crippen LogP contribution in [0.25, 0.3) is 11.1 Å². The number of fused-ring (bicyclic) bond motifs is 3. The monoisotopic (exact) mass is 464 g/mol. The van der Waals surface area contributed by atoms with Crippen LogP contribution >= 0.6 is 0 Å². The molecule has 1 aliphatic rings. The van der Waals surface area contributed by atoms with Crippen LogP contribution in [0.1, 0.15) is 47.3 Å². The van der Waals surface area contributed by atoms with E-state index in [-0.39, 0.29) is 42.9 Å². The van der Waals surface area contributed by atoms with E-state index in [1.54, 1.807) is 0 Å². The van der Waals surface area contributed by atoms with E-state index in [9.17, 15) is 14.4 Å². The Morgan fingerprint density at radius 3 is 2.32 bits per heavy atom. The molecule has 2 aromatic carbocycles. The predicted molar refractivity (Wildman–Crippen MR) is 121 cm³/mol. The number of anilines is 1. The molecule has 2 amide bonds. The molecule has 0 saturated heterocycles. The molecule has 3 aromatic rings. The predicted octanol–water partition coefficient (Wildman–Crippen LogP) is 3.66. The van der Waals surface area contributed by atoms with Crippen LogP contribution < -0.4 is 10.6 Å². The maximum absolute atomic E-state index is 12.5. The molecule has 10 nitrogen and oxygen atoms in total. The average Bonchev–Trinajstić information content (AvgIpc) is 3.42. The lowest BCUT2D eigenvalue weighted by Gasteiger charge is -2.14. The van der Waals surface area contributed by atoms with Crippen molar-refractivity contribution in [3.8, 4) is 11.1 Å². The minimum atomic E-state index is -0.943. The summed E-state index contributed by atoms with van der Waals surface area (Å²) in [7, 11) is 0. The topological polar surface area (TPSA) is 144 Å². The SMILES string of the molecule is CCC(CNC(=O)c1nonc1NC(=O)OCC1c2ccccc2-c2ccccc21)CC(=O)O. The Hall–Kier alpha value is -4.21. The quantitative estimate of drug-likeness (QED) is 0.435. The molecule has 0 saturated carbocycles. The van der Waals surface area contributed by atoms with Gasteiger partial charge in [-0.05, 0) is 38.5 Å². The molecule has 1 unspecified atom stereocenters. The summed E-state index contributed by atoms with van der Waals surface area (Å²) < 4.78 is 10.1.